The largest absolute Gasteiger partial charge is 0.476 e. The van der Waals surface area contributed by atoms with Crippen molar-refractivity contribution in [3.63, 3.8) is 0 Å². The number of alkyl halides is 3. The molecule has 2 aromatic heterocycles. The van der Waals surface area contributed by atoms with Gasteiger partial charge in [0.2, 0.25) is 5.88 Å². The standard InChI is InChI=1S/C16H17F3N4O/c17-16(18,19)13-2-1-5-22-15(13)23-8-3-12(4-9-23)11-24-14-10-20-6-7-21-14/h1-2,5-7,10,12H,3-4,8-9,11H2. The third kappa shape index (κ3) is 3.93. The predicted molar refractivity (Wildman–Crippen MR) is 81.7 cm³/mol. The molecule has 0 atom stereocenters. The van der Waals surface area contributed by atoms with Crippen LogP contribution in [0.25, 0.3) is 0 Å². The topological polar surface area (TPSA) is 51.1 Å². The van der Waals surface area contributed by atoms with Crippen molar-refractivity contribution < 1.29 is 17.9 Å². The molecule has 0 radical (unpaired) electrons. The number of hydrogen-bond acceptors (Lipinski definition) is 5. The van der Waals surface area contributed by atoms with Crippen LogP contribution in [0, 0.1) is 5.92 Å². The van der Waals surface area contributed by atoms with Crippen molar-refractivity contribution in [1.82, 2.24) is 15.0 Å². The number of piperidine rings is 1. The number of anilines is 1. The number of aromatic nitrogens is 3. The minimum absolute atomic E-state index is 0.0123. The fraction of sp³-hybridized carbons (Fsp3) is 0.438. The van der Waals surface area contributed by atoms with Gasteiger partial charge in [0.25, 0.3) is 0 Å². The van der Waals surface area contributed by atoms with Crippen molar-refractivity contribution in [3.8, 4) is 5.88 Å². The molecule has 1 aliphatic heterocycles. The molecule has 2 aromatic rings. The van der Waals surface area contributed by atoms with Crippen LogP contribution >= 0.6 is 0 Å². The first-order valence-corrected chi connectivity index (χ1v) is 7.70. The van der Waals surface area contributed by atoms with Crippen molar-refractivity contribution in [2.24, 2.45) is 5.92 Å². The van der Waals surface area contributed by atoms with Gasteiger partial charge in [0.05, 0.1) is 18.4 Å². The highest BCUT2D eigenvalue weighted by Crippen LogP contribution is 2.36. The lowest BCUT2D eigenvalue weighted by Crippen LogP contribution is -2.37. The Balaban J connectivity index is 1.58. The van der Waals surface area contributed by atoms with E-state index < -0.39 is 11.7 Å². The molecule has 8 heteroatoms. The van der Waals surface area contributed by atoms with Crippen LogP contribution in [0.5, 0.6) is 5.88 Å². The van der Waals surface area contributed by atoms with Crippen molar-refractivity contribution in [1.29, 1.82) is 0 Å². The molecule has 3 rings (SSSR count). The van der Waals surface area contributed by atoms with Crippen molar-refractivity contribution in [2.75, 3.05) is 24.6 Å². The van der Waals surface area contributed by atoms with Crippen LogP contribution in [0.2, 0.25) is 0 Å². The Bertz CT molecular complexity index is 658. The van der Waals surface area contributed by atoms with Crippen molar-refractivity contribution >= 4 is 5.82 Å². The molecule has 1 fully saturated rings. The lowest BCUT2D eigenvalue weighted by molar-refractivity contribution is -0.137. The van der Waals surface area contributed by atoms with Crippen LogP contribution in [-0.2, 0) is 6.18 Å². The van der Waals surface area contributed by atoms with Crippen LogP contribution in [-0.4, -0.2) is 34.6 Å². The molecule has 5 nitrogen and oxygen atoms in total. The Kier molecular flexibility index (Phi) is 4.82. The molecular formula is C16H17F3N4O. The third-order valence-electron chi connectivity index (χ3n) is 4.01. The van der Waals surface area contributed by atoms with Gasteiger partial charge in [0, 0.05) is 31.7 Å². The van der Waals surface area contributed by atoms with Crippen LogP contribution in [0.1, 0.15) is 18.4 Å². The second-order valence-corrected chi connectivity index (χ2v) is 5.66. The Morgan fingerprint density at radius 3 is 2.58 bits per heavy atom. The number of rotatable bonds is 4. The number of pyridine rings is 1. The fourth-order valence-electron chi connectivity index (χ4n) is 2.74. The van der Waals surface area contributed by atoms with E-state index in [-0.39, 0.29) is 11.7 Å². The summed E-state index contributed by atoms with van der Waals surface area (Å²) in [5.74, 6) is 0.753. The van der Waals surface area contributed by atoms with Gasteiger partial charge in [-0.1, -0.05) is 0 Å². The maximum Gasteiger partial charge on any atom is 0.419 e. The first-order chi connectivity index (χ1) is 11.5. The molecule has 0 bridgehead atoms. The molecule has 3 heterocycles. The number of hydrogen-bond donors (Lipinski definition) is 0. The Labute approximate surface area is 137 Å². The van der Waals surface area contributed by atoms with Crippen LogP contribution in [0.15, 0.2) is 36.9 Å². The highest BCUT2D eigenvalue weighted by molar-refractivity contribution is 5.48. The Morgan fingerprint density at radius 2 is 1.92 bits per heavy atom. The summed E-state index contributed by atoms with van der Waals surface area (Å²) < 4.78 is 44.8. The second-order valence-electron chi connectivity index (χ2n) is 5.66. The Hall–Kier alpha value is -2.38. The van der Waals surface area contributed by atoms with Gasteiger partial charge in [0.15, 0.2) is 0 Å². The zero-order valence-corrected chi connectivity index (χ0v) is 12.9. The molecule has 1 aliphatic rings. The van der Waals surface area contributed by atoms with Crippen LogP contribution in [0.4, 0.5) is 19.0 Å². The van der Waals surface area contributed by atoms with E-state index >= 15 is 0 Å². The average Bonchev–Trinajstić information content (AvgIpc) is 2.61. The van der Waals surface area contributed by atoms with Gasteiger partial charge >= 0.3 is 6.18 Å². The molecule has 0 saturated carbocycles. The third-order valence-corrected chi connectivity index (χ3v) is 4.01. The summed E-state index contributed by atoms with van der Waals surface area (Å²) in [5.41, 5.74) is -0.681. The lowest BCUT2D eigenvalue weighted by Gasteiger charge is -2.33. The maximum absolute atomic E-state index is 13.1. The van der Waals surface area contributed by atoms with E-state index in [1.807, 2.05) is 0 Å². The van der Waals surface area contributed by atoms with E-state index in [1.54, 1.807) is 23.5 Å². The van der Waals surface area contributed by atoms with Gasteiger partial charge in [-0.3, -0.25) is 4.98 Å². The van der Waals surface area contributed by atoms with E-state index in [9.17, 15) is 13.2 Å². The molecule has 0 aromatic carbocycles. The molecular weight excluding hydrogens is 321 g/mol. The van der Waals surface area contributed by atoms with E-state index in [0.717, 1.165) is 18.9 Å². The average molecular weight is 338 g/mol. The van der Waals surface area contributed by atoms with Gasteiger partial charge in [-0.25, -0.2) is 9.97 Å². The SMILES string of the molecule is FC(F)(F)c1cccnc1N1CCC(COc2cnccn2)CC1. The summed E-state index contributed by atoms with van der Waals surface area (Å²) in [6, 6.07) is 2.39. The monoisotopic (exact) mass is 338 g/mol. The summed E-state index contributed by atoms with van der Waals surface area (Å²) in [5, 5.41) is 0. The highest BCUT2D eigenvalue weighted by atomic mass is 19.4. The van der Waals surface area contributed by atoms with Gasteiger partial charge in [-0.05, 0) is 30.9 Å². The predicted octanol–water partition coefficient (Wildman–Crippen LogP) is 3.19. The molecule has 128 valence electrons. The first-order valence-electron chi connectivity index (χ1n) is 7.70. The van der Waals surface area contributed by atoms with Crippen LogP contribution in [0.3, 0.4) is 0 Å². The molecule has 0 N–H and O–H groups in total. The molecule has 1 saturated heterocycles. The van der Waals surface area contributed by atoms with E-state index in [4.69, 9.17) is 4.74 Å². The fourth-order valence-corrected chi connectivity index (χ4v) is 2.74. The number of ether oxygens (including phenoxy) is 1. The zero-order valence-electron chi connectivity index (χ0n) is 12.9. The minimum atomic E-state index is -4.39. The van der Waals surface area contributed by atoms with Gasteiger partial charge < -0.3 is 9.64 Å². The van der Waals surface area contributed by atoms with Gasteiger partial charge in [0.1, 0.15) is 5.82 Å². The number of nitrogens with zero attached hydrogens (tertiary/aromatic N) is 4. The lowest BCUT2D eigenvalue weighted by atomic mass is 9.97. The van der Waals surface area contributed by atoms with E-state index in [1.165, 1.54) is 12.3 Å². The quantitative estimate of drug-likeness (QED) is 0.857. The maximum atomic E-state index is 13.1. The van der Waals surface area contributed by atoms with Gasteiger partial charge in [-0.2, -0.15) is 13.2 Å². The smallest absolute Gasteiger partial charge is 0.419 e. The molecule has 0 aliphatic carbocycles. The minimum Gasteiger partial charge on any atom is -0.476 e. The Morgan fingerprint density at radius 1 is 1.12 bits per heavy atom. The first kappa shape index (κ1) is 16.5. The normalized spacial score (nSPS) is 16.2. The summed E-state index contributed by atoms with van der Waals surface area (Å²) >= 11 is 0. The van der Waals surface area contributed by atoms with E-state index in [2.05, 4.69) is 15.0 Å². The van der Waals surface area contributed by atoms with E-state index in [0.29, 0.717) is 25.6 Å². The van der Waals surface area contributed by atoms with Crippen molar-refractivity contribution in [2.45, 2.75) is 19.0 Å². The second kappa shape index (κ2) is 7.02. The molecule has 24 heavy (non-hydrogen) atoms. The van der Waals surface area contributed by atoms with Crippen molar-refractivity contribution in [3.05, 3.63) is 42.5 Å². The molecule has 0 spiro atoms. The highest BCUT2D eigenvalue weighted by Gasteiger charge is 2.36. The summed E-state index contributed by atoms with van der Waals surface area (Å²) in [6.45, 7) is 1.53. The number of halogens is 3. The summed E-state index contributed by atoms with van der Waals surface area (Å²) in [7, 11) is 0. The van der Waals surface area contributed by atoms with Crippen LogP contribution < -0.4 is 9.64 Å². The molecule has 0 amide bonds. The summed E-state index contributed by atoms with van der Waals surface area (Å²) in [6.07, 6.45) is 3.15. The summed E-state index contributed by atoms with van der Waals surface area (Å²) in [4.78, 5) is 13.6. The van der Waals surface area contributed by atoms with Gasteiger partial charge in [-0.15, -0.1) is 0 Å². The zero-order chi connectivity index (χ0) is 17.0. The molecule has 0 unspecified atom stereocenters.